The van der Waals surface area contributed by atoms with E-state index in [2.05, 4.69) is 15.0 Å². The summed E-state index contributed by atoms with van der Waals surface area (Å²) in [5.41, 5.74) is 10.5. The molecule has 0 aliphatic carbocycles. The van der Waals surface area contributed by atoms with Crippen LogP contribution in [-0.2, 0) is 6.61 Å². The molecule has 0 atom stereocenters. The fourth-order valence-electron chi connectivity index (χ4n) is 3.31. The van der Waals surface area contributed by atoms with E-state index in [9.17, 15) is 9.50 Å². The molecule has 9 heteroatoms. The number of hydrogen-bond acceptors (Lipinski definition) is 7. The van der Waals surface area contributed by atoms with Crippen LogP contribution >= 0.6 is 0 Å². The van der Waals surface area contributed by atoms with Crippen LogP contribution in [0.1, 0.15) is 19.4 Å². The van der Waals surface area contributed by atoms with Crippen LogP contribution < -0.4 is 5.73 Å². The van der Waals surface area contributed by atoms with Crippen molar-refractivity contribution in [2.24, 2.45) is 0 Å². The second-order valence-electron chi connectivity index (χ2n) is 6.82. The van der Waals surface area contributed by atoms with Crippen molar-refractivity contribution < 1.29 is 9.50 Å². The minimum atomic E-state index is -0.416. The number of pyridine rings is 2. The average molecular weight is 443 g/mol. The zero-order valence-corrected chi connectivity index (χ0v) is 18.1. The molecule has 4 heterocycles. The predicted octanol–water partition coefficient (Wildman–Crippen LogP) is 4.18. The molecule has 0 aliphatic heterocycles. The summed E-state index contributed by atoms with van der Waals surface area (Å²) in [6, 6.07) is 13.9. The molecule has 0 unspecified atom stereocenters. The Morgan fingerprint density at radius 3 is 2.33 bits per heavy atom. The van der Waals surface area contributed by atoms with Gasteiger partial charge in [-0.15, -0.1) is 0 Å². The van der Waals surface area contributed by atoms with Crippen LogP contribution in [0, 0.1) is 5.82 Å². The van der Waals surface area contributed by atoms with Crippen molar-refractivity contribution in [1.82, 2.24) is 29.5 Å². The molecule has 5 rings (SSSR count). The molecule has 0 fully saturated rings. The Morgan fingerprint density at radius 1 is 0.909 bits per heavy atom. The Hall–Kier alpha value is -4.24. The van der Waals surface area contributed by atoms with Gasteiger partial charge in [0.15, 0.2) is 11.5 Å². The van der Waals surface area contributed by atoms with Crippen LogP contribution in [0.2, 0.25) is 0 Å². The number of anilines is 1. The Kier molecular flexibility index (Phi) is 6.32. The summed E-state index contributed by atoms with van der Waals surface area (Å²) in [5, 5.41) is 9.38. The van der Waals surface area contributed by atoms with E-state index in [0.29, 0.717) is 39.8 Å². The molecule has 0 amide bonds. The molecule has 0 bridgehead atoms. The summed E-state index contributed by atoms with van der Waals surface area (Å²) < 4.78 is 15.1. The summed E-state index contributed by atoms with van der Waals surface area (Å²) in [6.07, 6.45) is 4.13. The average Bonchev–Trinajstić information content (AvgIpc) is 3.24. The van der Waals surface area contributed by atoms with Gasteiger partial charge in [-0.25, -0.2) is 24.3 Å². The first-order valence-electron chi connectivity index (χ1n) is 10.4. The number of aliphatic hydroxyl groups is 1. The van der Waals surface area contributed by atoms with E-state index < -0.39 is 5.82 Å². The van der Waals surface area contributed by atoms with E-state index >= 15 is 0 Å². The first-order chi connectivity index (χ1) is 16.1. The van der Waals surface area contributed by atoms with Crippen LogP contribution in [0.25, 0.3) is 39.6 Å². The van der Waals surface area contributed by atoms with E-state index in [1.807, 2.05) is 48.7 Å². The van der Waals surface area contributed by atoms with Crippen molar-refractivity contribution in [3.8, 4) is 28.5 Å². The monoisotopic (exact) mass is 443 g/mol. The standard InChI is InChI=1S/C22H16FN7O.C2H6/c23-14-3-6-17(26-9-14)18-7-8-19-22(28-18)30(15-4-1-13(11-31)2-5-15)21(29-19)16-10-25-12-27-20(16)24;1-2/h1-10,12,31H,11H2,(H2,24,25,27);1-2H3. The van der Waals surface area contributed by atoms with Crippen LogP contribution in [0.4, 0.5) is 10.2 Å². The quantitative estimate of drug-likeness (QED) is 0.428. The van der Waals surface area contributed by atoms with Gasteiger partial charge in [-0.1, -0.05) is 26.0 Å². The molecule has 0 saturated carbocycles. The molecule has 8 nitrogen and oxygen atoms in total. The smallest absolute Gasteiger partial charge is 0.165 e. The molecule has 0 saturated heterocycles. The minimum absolute atomic E-state index is 0.0596. The van der Waals surface area contributed by atoms with Crippen molar-refractivity contribution in [3.05, 3.63) is 78.6 Å². The number of benzene rings is 1. The molecule has 166 valence electrons. The van der Waals surface area contributed by atoms with Gasteiger partial charge in [0.2, 0.25) is 0 Å². The third-order valence-electron chi connectivity index (χ3n) is 4.86. The fourth-order valence-corrected chi connectivity index (χ4v) is 3.31. The number of imidazole rings is 1. The number of fused-ring (bicyclic) bond motifs is 1. The van der Waals surface area contributed by atoms with E-state index in [0.717, 1.165) is 17.4 Å². The lowest BCUT2D eigenvalue weighted by Crippen LogP contribution is -2.03. The van der Waals surface area contributed by atoms with Gasteiger partial charge in [-0.2, -0.15) is 0 Å². The maximum Gasteiger partial charge on any atom is 0.165 e. The Balaban J connectivity index is 0.00000126. The van der Waals surface area contributed by atoms with E-state index in [1.54, 1.807) is 18.3 Å². The Labute approximate surface area is 189 Å². The number of nitrogens with zero attached hydrogens (tertiary/aromatic N) is 6. The molecule has 0 radical (unpaired) electrons. The van der Waals surface area contributed by atoms with Crippen LogP contribution in [0.5, 0.6) is 0 Å². The lowest BCUT2D eigenvalue weighted by Gasteiger charge is -2.11. The number of hydrogen-bond donors (Lipinski definition) is 2. The van der Waals surface area contributed by atoms with Gasteiger partial charge < -0.3 is 10.8 Å². The molecular weight excluding hydrogens is 421 g/mol. The number of rotatable bonds is 4. The zero-order chi connectivity index (χ0) is 23.4. The summed E-state index contributed by atoms with van der Waals surface area (Å²) in [6.45, 7) is 3.94. The lowest BCUT2D eigenvalue weighted by molar-refractivity contribution is 0.282. The second-order valence-corrected chi connectivity index (χ2v) is 6.82. The maximum absolute atomic E-state index is 13.3. The summed E-state index contributed by atoms with van der Waals surface area (Å²) >= 11 is 0. The van der Waals surface area contributed by atoms with Crippen LogP contribution in [-0.4, -0.2) is 34.6 Å². The van der Waals surface area contributed by atoms with Gasteiger partial charge in [0.1, 0.15) is 23.5 Å². The summed E-state index contributed by atoms with van der Waals surface area (Å²) in [7, 11) is 0. The number of aliphatic hydroxyl groups excluding tert-OH is 1. The summed E-state index contributed by atoms with van der Waals surface area (Å²) in [4.78, 5) is 21.8. The highest BCUT2D eigenvalue weighted by Gasteiger charge is 2.19. The SMILES string of the molecule is CC.Nc1ncncc1-c1nc2ccc(-c3ccc(F)cn3)nc2n1-c1ccc(CO)cc1. The Bertz CT molecular complexity index is 1380. The zero-order valence-electron chi connectivity index (χ0n) is 18.1. The molecule has 5 aromatic rings. The minimum Gasteiger partial charge on any atom is -0.392 e. The van der Waals surface area contributed by atoms with Gasteiger partial charge in [0, 0.05) is 11.9 Å². The molecule has 0 spiro atoms. The summed E-state index contributed by atoms with van der Waals surface area (Å²) in [5.74, 6) is 0.404. The van der Waals surface area contributed by atoms with Crippen molar-refractivity contribution in [2.75, 3.05) is 5.73 Å². The lowest BCUT2D eigenvalue weighted by atomic mass is 10.2. The van der Waals surface area contributed by atoms with Gasteiger partial charge in [0.05, 0.1) is 29.8 Å². The number of nitrogen functional groups attached to an aromatic ring is 1. The largest absolute Gasteiger partial charge is 0.392 e. The molecular formula is C24H22FN7O. The first-order valence-corrected chi connectivity index (χ1v) is 10.4. The van der Waals surface area contributed by atoms with Crippen molar-refractivity contribution in [3.63, 3.8) is 0 Å². The highest BCUT2D eigenvalue weighted by Crippen LogP contribution is 2.31. The number of aromatic nitrogens is 6. The van der Waals surface area contributed by atoms with Gasteiger partial charge in [0.25, 0.3) is 0 Å². The van der Waals surface area contributed by atoms with Gasteiger partial charge in [-0.3, -0.25) is 9.55 Å². The van der Waals surface area contributed by atoms with Gasteiger partial charge >= 0.3 is 0 Å². The first kappa shape index (κ1) is 22.0. The molecule has 3 N–H and O–H groups in total. The fraction of sp³-hybridized carbons (Fsp3) is 0.125. The van der Waals surface area contributed by atoms with Crippen LogP contribution in [0.15, 0.2) is 67.3 Å². The van der Waals surface area contributed by atoms with E-state index in [1.165, 1.54) is 12.4 Å². The maximum atomic E-state index is 13.3. The second kappa shape index (κ2) is 9.49. The number of halogens is 1. The normalized spacial score (nSPS) is 10.7. The topological polar surface area (TPSA) is 116 Å². The Morgan fingerprint density at radius 2 is 1.67 bits per heavy atom. The molecule has 1 aromatic carbocycles. The van der Waals surface area contributed by atoms with Crippen molar-refractivity contribution >= 4 is 17.0 Å². The van der Waals surface area contributed by atoms with Gasteiger partial charge in [-0.05, 0) is 42.0 Å². The van der Waals surface area contributed by atoms with Crippen molar-refractivity contribution in [1.29, 1.82) is 0 Å². The van der Waals surface area contributed by atoms with E-state index in [4.69, 9.17) is 15.7 Å². The third kappa shape index (κ3) is 4.26. The highest BCUT2D eigenvalue weighted by atomic mass is 19.1. The van der Waals surface area contributed by atoms with Crippen LogP contribution in [0.3, 0.4) is 0 Å². The highest BCUT2D eigenvalue weighted by molar-refractivity contribution is 5.84. The van der Waals surface area contributed by atoms with E-state index in [-0.39, 0.29) is 6.61 Å². The van der Waals surface area contributed by atoms with Crippen molar-refractivity contribution in [2.45, 2.75) is 20.5 Å². The third-order valence-corrected chi connectivity index (χ3v) is 4.86. The molecule has 0 aliphatic rings. The molecule has 4 aromatic heterocycles. The number of nitrogens with two attached hydrogens (primary N) is 1. The molecule has 33 heavy (non-hydrogen) atoms. The predicted molar refractivity (Wildman–Crippen MR) is 125 cm³/mol.